The molecule has 1 unspecified atom stereocenters. The van der Waals surface area contributed by atoms with Crippen molar-refractivity contribution in [3.8, 4) is 0 Å². The van der Waals surface area contributed by atoms with Gasteiger partial charge in [-0.15, -0.1) is 0 Å². The molecule has 2 amide bonds. The number of nitrogens with zero attached hydrogens (tertiary/aromatic N) is 4. The van der Waals surface area contributed by atoms with Gasteiger partial charge in [-0.2, -0.15) is 4.98 Å². The van der Waals surface area contributed by atoms with Crippen molar-refractivity contribution in [3.63, 3.8) is 0 Å². The first kappa shape index (κ1) is 17.2. The van der Waals surface area contributed by atoms with E-state index in [1.165, 1.54) is 11.0 Å². The van der Waals surface area contributed by atoms with Crippen LogP contribution in [0.1, 0.15) is 17.5 Å². The first-order valence-corrected chi connectivity index (χ1v) is 8.98. The Labute approximate surface area is 156 Å². The van der Waals surface area contributed by atoms with Gasteiger partial charge in [0.25, 0.3) is 0 Å². The van der Waals surface area contributed by atoms with Gasteiger partial charge in [-0.3, -0.25) is 9.80 Å². The van der Waals surface area contributed by atoms with Gasteiger partial charge in [-0.05, 0) is 55.6 Å². The van der Waals surface area contributed by atoms with Crippen LogP contribution in [0, 0.1) is 18.7 Å². The predicted octanol–water partition coefficient (Wildman–Crippen LogP) is 3.13. The molecule has 3 heterocycles. The smallest absolute Gasteiger partial charge is 0.316 e. The molecule has 26 heavy (non-hydrogen) atoms. The number of hydrogen-bond donors (Lipinski definition) is 1. The molecule has 1 fully saturated rings. The lowest BCUT2D eigenvalue weighted by Gasteiger charge is -2.37. The van der Waals surface area contributed by atoms with Crippen molar-refractivity contribution in [2.45, 2.75) is 19.9 Å². The minimum Gasteiger partial charge on any atom is -0.316 e. The third-order valence-electron chi connectivity index (χ3n) is 4.92. The molecule has 0 spiro atoms. The number of nitrogens with one attached hydrogen (secondary N) is 1. The molecule has 1 atom stereocenters. The first-order chi connectivity index (χ1) is 12.5. The average molecular weight is 376 g/mol. The Balaban J connectivity index is 1.77. The number of hydrogen-bond acceptors (Lipinski definition) is 4. The number of aromatic nitrogens is 2. The third kappa shape index (κ3) is 3.01. The van der Waals surface area contributed by atoms with Crippen LogP contribution in [-0.4, -0.2) is 35.6 Å². The van der Waals surface area contributed by atoms with Crippen molar-refractivity contribution >= 4 is 29.1 Å². The fourth-order valence-corrected chi connectivity index (χ4v) is 3.76. The van der Waals surface area contributed by atoms with Gasteiger partial charge in [0.2, 0.25) is 5.28 Å². The zero-order chi connectivity index (χ0) is 18.3. The fraction of sp³-hybridized carbons (Fsp3) is 0.389. The van der Waals surface area contributed by atoms with E-state index in [9.17, 15) is 9.18 Å². The van der Waals surface area contributed by atoms with E-state index in [2.05, 4.69) is 15.3 Å². The molecule has 1 aromatic heterocycles. The number of rotatable bonds is 3. The molecule has 2 aromatic rings. The number of carbonyl (C=O) groups excluding carboxylic acids is 1. The Hall–Kier alpha value is -2.25. The Kier molecular flexibility index (Phi) is 4.50. The highest BCUT2D eigenvalue weighted by atomic mass is 35.5. The van der Waals surface area contributed by atoms with Crippen LogP contribution < -0.4 is 15.1 Å². The molecule has 136 valence electrons. The molecule has 1 aromatic carbocycles. The molecule has 8 heteroatoms. The molecule has 0 saturated carbocycles. The molecule has 4 rings (SSSR count). The molecule has 2 aliphatic rings. The lowest BCUT2D eigenvalue weighted by atomic mass is 10.1. The molecule has 0 radical (unpaired) electrons. The number of aryl methyl sites for hydroxylation is 1. The zero-order valence-electron chi connectivity index (χ0n) is 14.4. The van der Waals surface area contributed by atoms with Gasteiger partial charge < -0.3 is 5.32 Å². The Morgan fingerprint density at radius 1 is 1.42 bits per heavy atom. The maximum Gasteiger partial charge on any atom is 0.330 e. The number of halogens is 2. The van der Waals surface area contributed by atoms with Gasteiger partial charge in [-0.1, -0.05) is 12.1 Å². The van der Waals surface area contributed by atoms with Crippen molar-refractivity contribution in [2.24, 2.45) is 5.92 Å². The van der Waals surface area contributed by atoms with Crippen molar-refractivity contribution in [3.05, 3.63) is 46.6 Å². The summed E-state index contributed by atoms with van der Waals surface area (Å²) in [6, 6.07) is 4.52. The minimum absolute atomic E-state index is 0.0987. The second-order valence-corrected chi connectivity index (χ2v) is 7.07. The summed E-state index contributed by atoms with van der Waals surface area (Å²) in [5, 5.41) is 3.40. The predicted molar refractivity (Wildman–Crippen MR) is 98.1 cm³/mol. The Bertz CT molecular complexity index is 835. The fourth-order valence-electron chi connectivity index (χ4n) is 3.63. The summed E-state index contributed by atoms with van der Waals surface area (Å²) < 4.78 is 14.5. The summed E-state index contributed by atoms with van der Waals surface area (Å²) >= 11 is 5.96. The summed E-state index contributed by atoms with van der Waals surface area (Å²) in [6.07, 6.45) is 2.59. The van der Waals surface area contributed by atoms with Crippen molar-refractivity contribution in [1.82, 2.24) is 15.3 Å². The van der Waals surface area contributed by atoms with Crippen LogP contribution in [-0.2, 0) is 6.54 Å². The number of para-hydroxylation sites is 1. The number of carbonyl (C=O) groups is 1. The summed E-state index contributed by atoms with van der Waals surface area (Å²) in [5.41, 5.74) is 1.76. The van der Waals surface area contributed by atoms with E-state index in [0.717, 1.165) is 25.1 Å². The molecule has 2 aliphatic heterocycles. The number of anilines is 2. The van der Waals surface area contributed by atoms with Crippen molar-refractivity contribution in [1.29, 1.82) is 0 Å². The van der Waals surface area contributed by atoms with Crippen LogP contribution in [0.4, 0.5) is 20.7 Å². The number of urea groups is 1. The first-order valence-electron chi connectivity index (χ1n) is 8.61. The van der Waals surface area contributed by atoms with E-state index in [1.54, 1.807) is 30.2 Å². The van der Waals surface area contributed by atoms with E-state index in [-0.39, 0.29) is 17.9 Å². The highest BCUT2D eigenvalue weighted by molar-refractivity contribution is 6.28. The lowest BCUT2D eigenvalue weighted by Crippen LogP contribution is -2.50. The van der Waals surface area contributed by atoms with Crippen LogP contribution in [0.15, 0.2) is 24.4 Å². The second-order valence-electron chi connectivity index (χ2n) is 6.73. The van der Waals surface area contributed by atoms with Gasteiger partial charge in [0, 0.05) is 18.3 Å². The number of fused-ring (bicyclic) bond motifs is 1. The highest BCUT2D eigenvalue weighted by Gasteiger charge is 2.36. The molecule has 0 bridgehead atoms. The number of benzene rings is 1. The molecule has 1 saturated heterocycles. The molecule has 6 nitrogen and oxygen atoms in total. The van der Waals surface area contributed by atoms with Gasteiger partial charge >= 0.3 is 6.03 Å². The average Bonchev–Trinajstić information content (AvgIpc) is 3.12. The van der Waals surface area contributed by atoms with E-state index in [0.29, 0.717) is 29.5 Å². The van der Waals surface area contributed by atoms with Gasteiger partial charge in [0.1, 0.15) is 11.6 Å². The van der Waals surface area contributed by atoms with Crippen LogP contribution in [0.5, 0.6) is 0 Å². The highest BCUT2D eigenvalue weighted by Crippen LogP contribution is 2.34. The SMILES string of the molecule is Cc1cccc(F)c1N1Cc2cnc(Cl)nc2N(CC2CCNC2)C1=O. The summed E-state index contributed by atoms with van der Waals surface area (Å²) in [5.74, 6) is 0.425. The van der Waals surface area contributed by atoms with E-state index < -0.39 is 5.82 Å². The Morgan fingerprint density at radius 2 is 2.27 bits per heavy atom. The van der Waals surface area contributed by atoms with Crippen molar-refractivity contribution in [2.75, 3.05) is 29.4 Å². The van der Waals surface area contributed by atoms with Crippen LogP contribution in [0.2, 0.25) is 5.28 Å². The van der Waals surface area contributed by atoms with Crippen LogP contribution in [0.25, 0.3) is 0 Å². The summed E-state index contributed by atoms with van der Waals surface area (Å²) in [4.78, 5) is 24.6. The quantitative estimate of drug-likeness (QED) is 0.837. The number of amides is 2. The topological polar surface area (TPSA) is 61.4 Å². The minimum atomic E-state index is -0.417. The normalized spacial score (nSPS) is 19.8. The van der Waals surface area contributed by atoms with Crippen LogP contribution in [0.3, 0.4) is 0 Å². The van der Waals surface area contributed by atoms with Crippen molar-refractivity contribution < 1.29 is 9.18 Å². The molecule has 1 N–H and O–H groups in total. The molecular formula is C18H19ClFN5O. The largest absolute Gasteiger partial charge is 0.330 e. The third-order valence-corrected chi connectivity index (χ3v) is 5.10. The van der Waals surface area contributed by atoms with E-state index >= 15 is 0 Å². The van der Waals surface area contributed by atoms with Crippen LogP contribution >= 0.6 is 11.6 Å². The van der Waals surface area contributed by atoms with Gasteiger partial charge in [0.15, 0.2) is 0 Å². The second kappa shape index (κ2) is 6.81. The maximum atomic E-state index is 14.5. The van der Waals surface area contributed by atoms with E-state index in [1.807, 2.05) is 0 Å². The van der Waals surface area contributed by atoms with Gasteiger partial charge in [-0.25, -0.2) is 14.2 Å². The lowest BCUT2D eigenvalue weighted by molar-refractivity contribution is 0.248. The molecular weight excluding hydrogens is 357 g/mol. The van der Waals surface area contributed by atoms with Gasteiger partial charge in [0.05, 0.1) is 12.2 Å². The zero-order valence-corrected chi connectivity index (χ0v) is 15.1. The molecule has 0 aliphatic carbocycles. The monoisotopic (exact) mass is 375 g/mol. The summed E-state index contributed by atoms with van der Waals surface area (Å²) in [7, 11) is 0. The maximum absolute atomic E-state index is 14.5. The van der Waals surface area contributed by atoms with E-state index in [4.69, 9.17) is 11.6 Å². The summed E-state index contributed by atoms with van der Waals surface area (Å²) in [6.45, 7) is 4.30. The standard InChI is InChI=1S/C18H19ClFN5O/c1-11-3-2-4-14(20)15(11)24-10-13-8-22-17(19)23-16(13)25(18(24)26)9-12-5-6-21-7-12/h2-4,8,12,21H,5-7,9-10H2,1H3. The Morgan fingerprint density at radius 3 is 3.00 bits per heavy atom.